The van der Waals surface area contributed by atoms with Crippen molar-refractivity contribution in [3.05, 3.63) is 349 Å². The summed E-state index contributed by atoms with van der Waals surface area (Å²) in [6.45, 7) is 18.1. The zero-order valence-corrected chi connectivity index (χ0v) is 79.5. The number of hydrogen-bond donors (Lipinski definition) is 5. The molecule has 5 aromatic heterocycles. The third-order valence-corrected chi connectivity index (χ3v) is 26.0. The lowest BCUT2D eigenvalue weighted by molar-refractivity contribution is -0.137. The summed E-state index contributed by atoms with van der Waals surface area (Å²) in [5.41, 5.74) is 19.3. The molecule has 5 amide bonds. The molecule has 0 saturated carbocycles. The minimum Gasteiger partial charge on any atom is -0.450 e. The standard InChI is InChI=1S/C22H23ClN2O2.C21H20Cl2N2O2.C21H18ClF3N2O2.C20H17ClF2N2O2.C20H19ClN2O2/c1-13(2)27-22(26)25-11-10-17-18-12-16(23)8-9-19(18)24-20(17)21(25)15-6-4-14(3)5-7-15;1-12(2)27-21(26)25-10-9-16-17-11-15(23)7-8-18(17)24-19(16)20(25)13-3-5-14(22)6-4-13;1-2-29-20(28)27-9-8-15-16-11-14(22)6-7-17(16)26-18(15)19(27)12-4-3-5-13(10-12)21(23,24)25;1-2-27-20(26)25-8-7-13-14-10-12(21)4-6-17(14)24-18(13)19(25)11-3-5-15(22)16(23)9-11;1-2-25-20(24)23-11-10-15-16-12-14(21)8-9-17(16)22-18(15)19(23)13-6-4-3-5-7-13/h4-9,12-13,21,24H,10-11H2,1-3H3;3-8,11-12,20,24H,9-10H2,1-2H3;3-7,10-11,19,26H,2,8-9H2,1H3;3-6,9-10,19,24H,2,7-8H2,1H3;3-9,12,19,22H,2,10-11H2,1H3. The van der Waals surface area contributed by atoms with Gasteiger partial charge in [0.15, 0.2) is 11.6 Å². The lowest BCUT2D eigenvalue weighted by atomic mass is 9.92. The van der Waals surface area contributed by atoms with E-state index in [1.807, 2.05) is 173 Å². The first-order valence-electron chi connectivity index (χ1n) is 44.6. The fraction of sp³-hybridized carbons (Fsp3) is 0.279. The van der Waals surface area contributed by atoms with E-state index in [-0.39, 0.29) is 61.8 Å². The van der Waals surface area contributed by atoms with E-state index in [0.717, 1.165) is 159 Å². The summed E-state index contributed by atoms with van der Waals surface area (Å²) in [5.74, 6) is -1.89. The van der Waals surface area contributed by atoms with Crippen LogP contribution in [-0.2, 0) is 62.0 Å². The molecule has 0 spiro atoms. The molecule has 5 aliphatic rings. The van der Waals surface area contributed by atoms with Gasteiger partial charge in [0, 0.05) is 146 Å². The van der Waals surface area contributed by atoms with Gasteiger partial charge in [0.2, 0.25) is 0 Å². The number of ether oxygens (including phenoxy) is 5. The number of aromatic nitrogens is 5. The number of carbonyl (C=O) groups excluding carboxylic acids is 5. The maximum atomic E-state index is 13.9. The SMILES string of the molecule is CC(C)OC(=O)N1CCc2c([nH]c3ccc(Cl)cc23)C1c1ccc(Cl)cc1.CCOC(=O)N1CCc2c([nH]c3ccc(Cl)cc23)C1c1ccc(F)c(F)c1.CCOC(=O)N1CCc2c([nH]c3ccc(Cl)cc23)C1c1cccc(C(F)(F)F)c1.CCOC(=O)N1CCc2c([nH]c3ccc(Cl)cc23)C1c1ccccc1.Cc1ccc(C2c3[nH]c4ccc(Cl)cc4c3CCN2C(=O)OC(C)C)cc1. The van der Waals surface area contributed by atoms with Gasteiger partial charge in [-0.05, 0) is 271 Å². The Balaban J connectivity index is 0.000000123. The highest BCUT2D eigenvalue weighted by Crippen LogP contribution is 2.47. The molecule has 5 atom stereocenters. The maximum Gasteiger partial charge on any atom is 0.416 e. The number of nitrogens with zero attached hydrogens (tertiary/aromatic N) is 5. The van der Waals surface area contributed by atoms with E-state index in [2.05, 4.69) is 56.1 Å². The van der Waals surface area contributed by atoms with Crippen molar-refractivity contribution in [2.75, 3.05) is 52.5 Å². The first kappa shape index (κ1) is 95.8. The Morgan fingerprint density at radius 1 is 0.333 bits per heavy atom. The molecular formula is C104H97Cl6F5N10O10. The van der Waals surface area contributed by atoms with Crippen molar-refractivity contribution in [3.63, 3.8) is 0 Å². The van der Waals surface area contributed by atoms with Crippen molar-refractivity contribution in [2.45, 2.75) is 136 Å². The molecule has 10 aromatic carbocycles. The summed E-state index contributed by atoms with van der Waals surface area (Å²) in [5, 5.41) is 9.23. The number of amides is 5. The molecule has 0 radical (unpaired) electrons. The average Bonchev–Trinajstić information content (AvgIpc) is 1.63. The fourth-order valence-corrected chi connectivity index (χ4v) is 19.8. The van der Waals surface area contributed by atoms with Crippen LogP contribution in [0, 0.1) is 18.6 Å². The predicted octanol–water partition coefficient (Wildman–Crippen LogP) is 27.7. The summed E-state index contributed by atoms with van der Waals surface area (Å²) < 4.78 is 93.9. The van der Waals surface area contributed by atoms with Crippen LogP contribution in [0.3, 0.4) is 0 Å². The first-order chi connectivity index (χ1) is 64.8. The highest BCUT2D eigenvalue weighted by molar-refractivity contribution is 6.33. The largest absolute Gasteiger partial charge is 0.450 e. The van der Waals surface area contributed by atoms with Crippen LogP contribution in [-0.4, -0.2) is 145 Å². The number of nitrogens with one attached hydrogen (secondary N) is 5. The summed E-state index contributed by atoms with van der Waals surface area (Å²) in [6.07, 6.45) is -3.29. The van der Waals surface area contributed by atoms with Crippen LogP contribution in [0.15, 0.2) is 212 Å². The number of rotatable bonds is 10. The van der Waals surface area contributed by atoms with E-state index >= 15 is 0 Å². The van der Waals surface area contributed by atoms with E-state index in [4.69, 9.17) is 93.3 Å². The number of alkyl halides is 3. The molecule has 31 heteroatoms. The van der Waals surface area contributed by atoms with Gasteiger partial charge in [-0.2, -0.15) is 13.2 Å². The quantitative estimate of drug-likeness (QED) is 0.0643. The Hall–Kier alpha value is -12.4. The Labute approximate surface area is 806 Å². The van der Waals surface area contributed by atoms with Crippen molar-refractivity contribution < 1.29 is 69.6 Å². The number of aromatic amines is 5. The summed E-state index contributed by atoms with van der Waals surface area (Å²) in [7, 11) is 0. The third kappa shape index (κ3) is 20.5. The molecule has 20 nitrogen and oxygen atoms in total. The number of carbonyl (C=O) groups is 5. The zero-order valence-electron chi connectivity index (χ0n) is 74.9. The monoisotopic (exact) mass is 1950 g/mol. The van der Waals surface area contributed by atoms with Crippen molar-refractivity contribution in [2.24, 2.45) is 0 Å². The Morgan fingerprint density at radius 2 is 0.607 bits per heavy atom. The molecule has 15 aromatic rings. The van der Waals surface area contributed by atoms with Crippen molar-refractivity contribution in [1.82, 2.24) is 49.4 Å². The number of fused-ring (bicyclic) bond motifs is 15. The van der Waals surface area contributed by atoms with Gasteiger partial charge in [0.05, 0.1) is 37.6 Å². The molecule has 0 bridgehead atoms. The van der Waals surface area contributed by atoms with Gasteiger partial charge in [-0.1, -0.05) is 160 Å². The number of aryl methyl sites for hydroxylation is 1. The molecule has 700 valence electrons. The Kier molecular flexibility index (Phi) is 29.1. The van der Waals surface area contributed by atoms with Gasteiger partial charge < -0.3 is 48.6 Å². The van der Waals surface area contributed by atoms with Gasteiger partial charge in [-0.3, -0.25) is 24.5 Å². The summed E-state index contributed by atoms with van der Waals surface area (Å²) in [6, 6.07) is 61.3. The van der Waals surface area contributed by atoms with Crippen molar-refractivity contribution in [1.29, 1.82) is 0 Å². The summed E-state index contributed by atoms with van der Waals surface area (Å²) in [4.78, 5) is 88.8. The zero-order chi connectivity index (χ0) is 95.5. The molecule has 135 heavy (non-hydrogen) atoms. The maximum absolute atomic E-state index is 13.9. The Bertz CT molecular complexity index is 6760. The minimum absolute atomic E-state index is 0.154. The highest BCUT2D eigenvalue weighted by Gasteiger charge is 2.43. The molecule has 5 unspecified atom stereocenters. The smallest absolute Gasteiger partial charge is 0.416 e. The van der Waals surface area contributed by atoms with E-state index in [0.29, 0.717) is 89.1 Å². The van der Waals surface area contributed by atoms with Crippen LogP contribution in [0.1, 0.15) is 174 Å². The average molecular weight is 1950 g/mol. The normalized spacial score (nSPS) is 16.6. The Morgan fingerprint density at radius 3 is 0.911 bits per heavy atom. The molecule has 0 fully saturated rings. The highest BCUT2D eigenvalue weighted by atomic mass is 35.5. The molecule has 5 N–H and O–H groups in total. The first-order valence-corrected chi connectivity index (χ1v) is 46.9. The number of halogens is 11. The van der Waals surface area contributed by atoms with E-state index in [9.17, 15) is 45.9 Å². The number of benzene rings is 10. The van der Waals surface area contributed by atoms with Crippen LogP contribution >= 0.6 is 69.6 Å². The topological polar surface area (TPSA) is 227 Å². The van der Waals surface area contributed by atoms with Gasteiger partial charge in [-0.15, -0.1) is 0 Å². The molecule has 20 rings (SSSR count). The van der Waals surface area contributed by atoms with Crippen molar-refractivity contribution in [3.8, 4) is 0 Å². The van der Waals surface area contributed by atoms with Gasteiger partial charge in [0.1, 0.15) is 30.2 Å². The second-order valence-corrected chi connectivity index (χ2v) is 36.5. The second kappa shape index (κ2) is 41.1. The molecule has 10 heterocycles. The predicted molar refractivity (Wildman–Crippen MR) is 519 cm³/mol. The molecular weight excluding hydrogens is 1860 g/mol. The molecule has 5 aliphatic heterocycles. The van der Waals surface area contributed by atoms with E-state index in [1.165, 1.54) is 44.2 Å². The fourth-order valence-electron chi connectivity index (χ4n) is 18.8. The van der Waals surface area contributed by atoms with Crippen LogP contribution < -0.4 is 0 Å². The third-order valence-electron chi connectivity index (χ3n) is 24.6. The van der Waals surface area contributed by atoms with Crippen LogP contribution in [0.4, 0.5) is 45.9 Å². The number of H-pyrrole nitrogens is 5. The van der Waals surface area contributed by atoms with E-state index < -0.39 is 47.6 Å². The molecule has 0 saturated heterocycles. The summed E-state index contributed by atoms with van der Waals surface area (Å²) >= 11 is 37.0. The molecule has 0 aliphatic carbocycles. The lowest BCUT2D eigenvalue weighted by Crippen LogP contribution is -2.41. The van der Waals surface area contributed by atoms with Crippen LogP contribution in [0.5, 0.6) is 0 Å². The van der Waals surface area contributed by atoms with Crippen molar-refractivity contribution >= 4 is 155 Å². The van der Waals surface area contributed by atoms with Gasteiger partial charge in [0.25, 0.3) is 0 Å². The number of hydrogen-bond acceptors (Lipinski definition) is 10. The van der Waals surface area contributed by atoms with Crippen LogP contribution in [0.25, 0.3) is 54.5 Å². The van der Waals surface area contributed by atoms with Gasteiger partial charge >= 0.3 is 36.6 Å². The van der Waals surface area contributed by atoms with Crippen LogP contribution in [0.2, 0.25) is 30.1 Å². The van der Waals surface area contributed by atoms with Gasteiger partial charge in [-0.25, -0.2) is 32.8 Å². The second-order valence-electron chi connectivity index (χ2n) is 33.9. The lowest BCUT2D eigenvalue weighted by Gasteiger charge is -2.36. The van der Waals surface area contributed by atoms with E-state index in [1.54, 1.807) is 41.8 Å². The minimum atomic E-state index is -4.48.